The van der Waals surface area contributed by atoms with Crippen molar-refractivity contribution in [3.05, 3.63) is 34.9 Å². The second kappa shape index (κ2) is 7.09. The van der Waals surface area contributed by atoms with Crippen molar-refractivity contribution in [1.82, 2.24) is 5.32 Å². The average molecular weight is 296 g/mol. The Morgan fingerprint density at radius 3 is 2.40 bits per heavy atom. The summed E-state index contributed by atoms with van der Waals surface area (Å²) in [7, 11) is 0. The third-order valence-electron chi connectivity index (χ3n) is 3.79. The van der Waals surface area contributed by atoms with Crippen LogP contribution in [0.1, 0.15) is 38.3 Å². The molecule has 20 heavy (non-hydrogen) atoms. The Labute approximate surface area is 125 Å². The molecule has 1 N–H and O–H groups in total. The van der Waals surface area contributed by atoms with Gasteiger partial charge < -0.3 is 10.1 Å². The first-order valence-corrected chi connectivity index (χ1v) is 7.59. The van der Waals surface area contributed by atoms with Gasteiger partial charge in [0.25, 0.3) is 0 Å². The molecule has 1 aliphatic heterocycles. The van der Waals surface area contributed by atoms with E-state index in [4.69, 9.17) is 16.3 Å². The van der Waals surface area contributed by atoms with Crippen LogP contribution in [0.2, 0.25) is 5.02 Å². The maximum absolute atomic E-state index is 12.4. The molecule has 0 unspecified atom stereocenters. The average Bonchev–Trinajstić information content (AvgIpc) is 2.46. The monoisotopic (exact) mass is 295 g/mol. The molecule has 3 nitrogen and oxygen atoms in total. The Kier molecular flexibility index (Phi) is 5.44. The summed E-state index contributed by atoms with van der Waals surface area (Å²) >= 11 is 5.92. The summed E-state index contributed by atoms with van der Waals surface area (Å²) in [4.78, 5) is 12.4. The van der Waals surface area contributed by atoms with Crippen LogP contribution >= 0.6 is 11.6 Å². The summed E-state index contributed by atoms with van der Waals surface area (Å²) in [5.41, 5.74) is 1.10. The van der Waals surface area contributed by atoms with Gasteiger partial charge in [0.1, 0.15) is 0 Å². The molecule has 1 aromatic carbocycles. The topological polar surface area (TPSA) is 38.3 Å². The smallest absolute Gasteiger partial charge is 0.223 e. The first kappa shape index (κ1) is 15.3. The van der Waals surface area contributed by atoms with Crippen LogP contribution in [0.3, 0.4) is 0 Å². The van der Waals surface area contributed by atoms with Crippen LogP contribution in [0.5, 0.6) is 0 Å². The summed E-state index contributed by atoms with van der Waals surface area (Å²) < 4.78 is 5.31. The lowest BCUT2D eigenvalue weighted by Crippen LogP contribution is -2.38. The molecule has 4 heteroatoms. The van der Waals surface area contributed by atoms with Crippen molar-refractivity contribution in [1.29, 1.82) is 0 Å². The van der Waals surface area contributed by atoms with E-state index in [-0.39, 0.29) is 17.9 Å². The number of hydrogen-bond acceptors (Lipinski definition) is 2. The van der Waals surface area contributed by atoms with E-state index >= 15 is 0 Å². The normalized spacial score (nSPS) is 18.0. The van der Waals surface area contributed by atoms with Crippen molar-refractivity contribution in [2.45, 2.75) is 32.7 Å². The number of carbonyl (C=O) groups excluding carboxylic acids is 1. The molecular weight excluding hydrogens is 274 g/mol. The Morgan fingerprint density at radius 2 is 1.85 bits per heavy atom. The third-order valence-corrected chi connectivity index (χ3v) is 4.04. The van der Waals surface area contributed by atoms with E-state index < -0.39 is 0 Å². The number of halogens is 1. The summed E-state index contributed by atoms with van der Waals surface area (Å²) in [6.07, 6.45) is 1.63. The van der Waals surface area contributed by atoms with Crippen LogP contribution in [-0.4, -0.2) is 19.1 Å². The molecule has 1 fully saturated rings. The lowest BCUT2D eigenvalue weighted by Gasteiger charge is -2.27. The number of nitrogens with one attached hydrogen (secondary N) is 1. The molecular formula is C16H22ClNO2. The zero-order chi connectivity index (χ0) is 14.5. The van der Waals surface area contributed by atoms with Gasteiger partial charge in [-0.1, -0.05) is 37.6 Å². The fourth-order valence-corrected chi connectivity index (χ4v) is 2.66. The lowest BCUT2D eigenvalue weighted by atomic mass is 9.93. The number of ether oxygens (including phenoxy) is 1. The summed E-state index contributed by atoms with van der Waals surface area (Å²) in [5, 5.41) is 3.90. The number of amides is 1. The fourth-order valence-electron chi connectivity index (χ4n) is 2.54. The fraction of sp³-hybridized carbons (Fsp3) is 0.562. The first-order valence-electron chi connectivity index (χ1n) is 7.21. The predicted octanol–water partition coefficient (Wildman–Crippen LogP) is 3.58. The van der Waals surface area contributed by atoms with Crippen molar-refractivity contribution >= 4 is 17.5 Å². The number of carbonyl (C=O) groups is 1. The van der Waals surface area contributed by atoms with Crippen LogP contribution in [0.25, 0.3) is 0 Å². The molecule has 1 aromatic rings. The summed E-state index contributed by atoms with van der Waals surface area (Å²) in [6.45, 7) is 5.60. The van der Waals surface area contributed by atoms with Gasteiger partial charge in [-0.2, -0.15) is 0 Å². The highest BCUT2D eigenvalue weighted by Gasteiger charge is 2.25. The van der Waals surface area contributed by atoms with E-state index in [1.54, 1.807) is 0 Å². The van der Waals surface area contributed by atoms with E-state index in [1.165, 1.54) is 0 Å². The van der Waals surface area contributed by atoms with Gasteiger partial charge in [-0.3, -0.25) is 4.79 Å². The Morgan fingerprint density at radius 1 is 1.25 bits per heavy atom. The zero-order valence-electron chi connectivity index (χ0n) is 12.1. The van der Waals surface area contributed by atoms with Crippen LogP contribution in [0.15, 0.2) is 24.3 Å². The van der Waals surface area contributed by atoms with E-state index in [1.807, 2.05) is 24.3 Å². The lowest BCUT2D eigenvalue weighted by molar-refractivity contribution is -0.129. The molecule has 0 saturated carbocycles. The Balaban J connectivity index is 2.05. The summed E-state index contributed by atoms with van der Waals surface area (Å²) in [6, 6.07) is 7.73. The van der Waals surface area contributed by atoms with Crippen LogP contribution in [-0.2, 0) is 9.53 Å². The van der Waals surface area contributed by atoms with Gasteiger partial charge in [0.2, 0.25) is 5.91 Å². The number of hydrogen-bond donors (Lipinski definition) is 1. The molecule has 110 valence electrons. The predicted molar refractivity (Wildman–Crippen MR) is 80.7 cm³/mol. The zero-order valence-corrected chi connectivity index (χ0v) is 12.8. The minimum atomic E-state index is 0.0302. The third kappa shape index (κ3) is 3.97. The quantitative estimate of drug-likeness (QED) is 0.922. The van der Waals surface area contributed by atoms with E-state index in [9.17, 15) is 4.79 Å². The van der Waals surface area contributed by atoms with E-state index in [0.717, 1.165) is 18.4 Å². The number of benzene rings is 1. The number of rotatable bonds is 4. The van der Waals surface area contributed by atoms with Gasteiger partial charge in [0.15, 0.2) is 0 Å². The molecule has 0 aliphatic carbocycles. The first-order chi connectivity index (χ1) is 9.58. The Bertz CT molecular complexity index is 438. The van der Waals surface area contributed by atoms with Gasteiger partial charge in [-0.05, 0) is 36.5 Å². The molecule has 1 heterocycles. The van der Waals surface area contributed by atoms with Gasteiger partial charge in [-0.15, -0.1) is 0 Å². The van der Waals surface area contributed by atoms with Gasteiger partial charge in [0, 0.05) is 24.2 Å². The molecule has 0 radical (unpaired) electrons. The van der Waals surface area contributed by atoms with Crippen LogP contribution in [0.4, 0.5) is 0 Å². The molecule has 0 bridgehead atoms. The maximum atomic E-state index is 12.4. The largest absolute Gasteiger partial charge is 0.381 e. The molecule has 1 aliphatic rings. The van der Waals surface area contributed by atoms with Crippen molar-refractivity contribution in [2.24, 2.45) is 11.8 Å². The van der Waals surface area contributed by atoms with Gasteiger partial charge >= 0.3 is 0 Å². The minimum absolute atomic E-state index is 0.0302. The van der Waals surface area contributed by atoms with Crippen LogP contribution < -0.4 is 5.32 Å². The van der Waals surface area contributed by atoms with Gasteiger partial charge in [0.05, 0.1) is 6.04 Å². The van der Waals surface area contributed by atoms with Gasteiger partial charge in [-0.25, -0.2) is 0 Å². The Hall–Kier alpha value is -1.06. The SMILES string of the molecule is CC(C)[C@@H](NC(=O)C1CCOCC1)c1ccc(Cl)cc1. The molecule has 1 saturated heterocycles. The van der Waals surface area contributed by atoms with Crippen molar-refractivity contribution in [2.75, 3.05) is 13.2 Å². The highest BCUT2D eigenvalue weighted by atomic mass is 35.5. The molecule has 1 atom stereocenters. The van der Waals surface area contributed by atoms with Crippen molar-refractivity contribution < 1.29 is 9.53 Å². The van der Waals surface area contributed by atoms with E-state index in [2.05, 4.69) is 19.2 Å². The van der Waals surface area contributed by atoms with Crippen LogP contribution in [0, 0.1) is 11.8 Å². The second-order valence-corrected chi connectivity index (χ2v) is 6.10. The van der Waals surface area contributed by atoms with E-state index in [0.29, 0.717) is 24.2 Å². The molecule has 1 amide bonds. The molecule has 2 rings (SSSR count). The standard InChI is InChI=1S/C16H22ClNO2/c1-11(2)15(12-3-5-14(17)6-4-12)18-16(19)13-7-9-20-10-8-13/h3-6,11,13,15H,7-10H2,1-2H3,(H,18,19)/t15-/m1/s1. The van der Waals surface area contributed by atoms with Crippen molar-refractivity contribution in [3.63, 3.8) is 0 Å². The molecule has 0 spiro atoms. The molecule has 0 aromatic heterocycles. The maximum Gasteiger partial charge on any atom is 0.223 e. The second-order valence-electron chi connectivity index (χ2n) is 5.67. The minimum Gasteiger partial charge on any atom is -0.381 e. The highest BCUT2D eigenvalue weighted by molar-refractivity contribution is 6.30. The summed E-state index contributed by atoms with van der Waals surface area (Å²) in [5.74, 6) is 0.555. The highest BCUT2D eigenvalue weighted by Crippen LogP contribution is 2.25. The van der Waals surface area contributed by atoms with Crippen molar-refractivity contribution in [3.8, 4) is 0 Å².